The Kier molecular flexibility index (Phi) is 3.19. The molecule has 13 heavy (non-hydrogen) atoms. The predicted octanol–water partition coefficient (Wildman–Crippen LogP) is 0.380. The lowest BCUT2D eigenvalue weighted by Crippen LogP contribution is -2.43. The molecule has 0 aliphatic carbocycles. The van der Waals surface area contributed by atoms with Gasteiger partial charge in [0.05, 0.1) is 5.25 Å². The topological polar surface area (TPSA) is 57.6 Å². The zero-order chi connectivity index (χ0) is 10.0. The molecule has 0 radical (unpaired) electrons. The highest BCUT2D eigenvalue weighted by molar-refractivity contribution is 7.81. The number of amides is 1. The molecule has 1 rings (SSSR count). The molecule has 0 aromatic carbocycles. The van der Waals surface area contributed by atoms with Crippen LogP contribution in [0.4, 0.5) is 0 Å². The molecule has 0 bridgehead atoms. The van der Waals surface area contributed by atoms with Gasteiger partial charge in [0.25, 0.3) is 0 Å². The van der Waals surface area contributed by atoms with E-state index in [-0.39, 0.29) is 5.91 Å². The predicted molar refractivity (Wildman–Crippen MR) is 50.8 cm³/mol. The van der Waals surface area contributed by atoms with Crippen LogP contribution >= 0.6 is 12.6 Å². The summed E-state index contributed by atoms with van der Waals surface area (Å²) in [6.45, 7) is 2.20. The van der Waals surface area contributed by atoms with Crippen LogP contribution in [-0.4, -0.2) is 39.7 Å². The van der Waals surface area contributed by atoms with Gasteiger partial charge in [0.15, 0.2) is 0 Å². The largest absolute Gasteiger partial charge is 0.480 e. The molecule has 0 aromatic heterocycles. The highest BCUT2D eigenvalue weighted by Gasteiger charge is 2.34. The SMILES string of the molecule is CC(S)C(=O)N1CCC[C@H]1C(=O)O. The molecule has 1 unspecified atom stereocenters. The van der Waals surface area contributed by atoms with E-state index in [1.54, 1.807) is 6.92 Å². The number of nitrogens with zero attached hydrogens (tertiary/aromatic N) is 1. The molecule has 0 aromatic rings. The molecule has 1 aliphatic heterocycles. The second-order valence-corrected chi connectivity index (χ2v) is 3.98. The number of rotatable bonds is 2. The second-order valence-electron chi connectivity index (χ2n) is 3.20. The van der Waals surface area contributed by atoms with Crippen LogP contribution < -0.4 is 0 Å². The lowest BCUT2D eigenvalue weighted by atomic mass is 10.2. The minimum absolute atomic E-state index is 0.187. The van der Waals surface area contributed by atoms with Crippen LogP contribution in [0.5, 0.6) is 0 Å². The number of hydrogen-bond donors (Lipinski definition) is 2. The third-order valence-electron chi connectivity index (χ3n) is 2.18. The van der Waals surface area contributed by atoms with Crippen molar-refractivity contribution in [3.63, 3.8) is 0 Å². The number of carboxylic acids is 1. The minimum Gasteiger partial charge on any atom is -0.480 e. The second kappa shape index (κ2) is 4.00. The molecule has 1 heterocycles. The number of hydrogen-bond acceptors (Lipinski definition) is 3. The van der Waals surface area contributed by atoms with Gasteiger partial charge in [-0.2, -0.15) is 12.6 Å². The van der Waals surface area contributed by atoms with Gasteiger partial charge in [0.2, 0.25) is 5.91 Å². The third-order valence-corrected chi connectivity index (χ3v) is 2.40. The fourth-order valence-corrected chi connectivity index (χ4v) is 1.68. The Morgan fingerprint density at radius 3 is 2.69 bits per heavy atom. The Bertz CT molecular complexity index is 229. The van der Waals surface area contributed by atoms with Gasteiger partial charge in [0, 0.05) is 6.54 Å². The van der Waals surface area contributed by atoms with Gasteiger partial charge in [-0.1, -0.05) is 0 Å². The number of carboxylic acid groups (broad SMARTS) is 1. The molecule has 1 saturated heterocycles. The molecule has 4 nitrogen and oxygen atoms in total. The van der Waals surface area contributed by atoms with E-state index in [0.717, 1.165) is 6.42 Å². The minimum atomic E-state index is -0.917. The lowest BCUT2D eigenvalue weighted by Gasteiger charge is -2.22. The van der Waals surface area contributed by atoms with Crippen molar-refractivity contribution in [3.8, 4) is 0 Å². The molecule has 0 spiro atoms. The van der Waals surface area contributed by atoms with Crippen LogP contribution in [0.3, 0.4) is 0 Å². The highest BCUT2D eigenvalue weighted by Crippen LogP contribution is 2.19. The number of carbonyl (C=O) groups excluding carboxylic acids is 1. The van der Waals surface area contributed by atoms with Crippen molar-refractivity contribution in [2.75, 3.05) is 6.54 Å². The van der Waals surface area contributed by atoms with Crippen molar-refractivity contribution in [3.05, 3.63) is 0 Å². The smallest absolute Gasteiger partial charge is 0.326 e. The first kappa shape index (κ1) is 10.4. The Morgan fingerprint density at radius 1 is 1.62 bits per heavy atom. The molecule has 0 saturated carbocycles. The number of thiol groups is 1. The Morgan fingerprint density at radius 2 is 2.23 bits per heavy atom. The van der Waals surface area contributed by atoms with Crippen LogP contribution in [0.25, 0.3) is 0 Å². The molecule has 1 aliphatic rings. The van der Waals surface area contributed by atoms with Gasteiger partial charge in [0.1, 0.15) is 6.04 Å². The standard InChI is InChI=1S/C8H13NO3S/c1-5(13)7(10)9-4-2-3-6(9)8(11)12/h5-6,13H,2-4H2,1H3,(H,11,12)/t5?,6-/m0/s1. The van der Waals surface area contributed by atoms with Crippen LogP contribution in [0, 0.1) is 0 Å². The van der Waals surface area contributed by atoms with Gasteiger partial charge in [-0.3, -0.25) is 4.79 Å². The fourth-order valence-electron chi connectivity index (χ4n) is 1.53. The van der Waals surface area contributed by atoms with E-state index in [9.17, 15) is 9.59 Å². The molecular weight excluding hydrogens is 190 g/mol. The first-order chi connectivity index (χ1) is 6.04. The summed E-state index contributed by atoms with van der Waals surface area (Å²) < 4.78 is 0. The fraction of sp³-hybridized carbons (Fsp3) is 0.750. The van der Waals surface area contributed by atoms with Crippen molar-refractivity contribution < 1.29 is 14.7 Å². The van der Waals surface area contributed by atoms with Crippen molar-refractivity contribution in [1.82, 2.24) is 4.90 Å². The summed E-state index contributed by atoms with van der Waals surface area (Å²) in [6.07, 6.45) is 1.32. The molecule has 1 fully saturated rings. The number of likely N-dealkylation sites (tertiary alicyclic amines) is 1. The van der Waals surface area contributed by atoms with Crippen molar-refractivity contribution >= 4 is 24.5 Å². The average Bonchev–Trinajstić information content (AvgIpc) is 2.50. The first-order valence-electron chi connectivity index (χ1n) is 4.25. The van der Waals surface area contributed by atoms with E-state index in [0.29, 0.717) is 13.0 Å². The summed E-state index contributed by atoms with van der Waals surface area (Å²) in [4.78, 5) is 23.6. The van der Waals surface area contributed by atoms with Gasteiger partial charge >= 0.3 is 5.97 Å². The first-order valence-corrected chi connectivity index (χ1v) is 4.77. The van der Waals surface area contributed by atoms with Gasteiger partial charge in [-0.05, 0) is 19.8 Å². The molecule has 74 valence electrons. The molecule has 1 N–H and O–H groups in total. The van der Waals surface area contributed by atoms with E-state index < -0.39 is 17.3 Å². The van der Waals surface area contributed by atoms with Crippen LogP contribution in [0.2, 0.25) is 0 Å². The molecule has 5 heteroatoms. The van der Waals surface area contributed by atoms with Crippen molar-refractivity contribution in [2.24, 2.45) is 0 Å². The van der Waals surface area contributed by atoms with Crippen molar-refractivity contribution in [2.45, 2.75) is 31.1 Å². The summed E-state index contributed by atoms with van der Waals surface area (Å²) in [5.41, 5.74) is 0. The van der Waals surface area contributed by atoms with Gasteiger partial charge in [-0.15, -0.1) is 0 Å². The van der Waals surface area contributed by atoms with E-state index in [1.165, 1.54) is 4.90 Å². The zero-order valence-electron chi connectivity index (χ0n) is 7.43. The van der Waals surface area contributed by atoms with Gasteiger partial charge < -0.3 is 10.0 Å². The lowest BCUT2D eigenvalue weighted by molar-refractivity contribution is -0.147. The number of aliphatic carboxylic acids is 1. The molecular formula is C8H13NO3S. The van der Waals surface area contributed by atoms with Gasteiger partial charge in [-0.25, -0.2) is 4.79 Å². The summed E-state index contributed by atoms with van der Waals surface area (Å²) in [5, 5.41) is 8.38. The highest BCUT2D eigenvalue weighted by atomic mass is 32.1. The van der Waals surface area contributed by atoms with E-state index in [4.69, 9.17) is 5.11 Å². The Hall–Kier alpha value is -0.710. The normalized spacial score (nSPS) is 24.5. The molecule has 1 amide bonds. The quantitative estimate of drug-likeness (QED) is 0.638. The maximum atomic E-state index is 11.4. The summed E-state index contributed by atoms with van der Waals surface area (Å²) in [7, 11) is 0. The van der Waals surface area contributed by atoms with E-state index >= 15 is 0 Å². The van der Waals surface area contributed by atoms with E-state index in [2.05, 4.69) is 12.6 Å². The Labute approximate surface area is 82.3 Å². The van der Waals surface area contributed by atoms with Crippen LogP contribution in [0.15, 0.2) is 0 Å². The maximum Gasteiger partial charge on any atom is 0.326 e. The molecule has 2 atom stereocenters. The van der Waals surface area contributed by atoms with Crippen LogP contribution in [-0.2, 0) is 9.59 Å². The monoisotopic (exact) mass is 203 g/mol. The van der Waals surface area contributed by atoms with Crippen molar-refractivity contribution in [1.29, 1.82) is 0 Å². The maximum absolute atomic E-state index is 11.4. The average molecular weight is 203 g/mol. The Balaban J connectivity index is 2.68. The van der Waals surface area contributed by atoms with E-state index in [1.807, 2.05) is 0 Å². The summed E-state index contributed by atoms with van der Waals surface area (Å²) in [6, 6.07) is -0.637. The summed E-state index contributed by atoms with van der Waals surface area (Å²) >= 11 is 3.99. The summed E-state index contributed by atoms with van der Waals surface area (Å²) in [5.74, 6) is -1.10. The van der Waals surface area contributed by atoms with Crippen LogP contribution in [0.1, 0.15) is 19.8 Å². The zero-order valence-corrected chi connectivity index (χ0v) is 8.33. The third kappa shape index (κ3) is 2.15. The number of carbonyl (C=O) groups is 2.